The molecule has 0 aromatic heterocycles. The van der Waals surface area contributed by atoms with Gasteiger partial charge in [-0.2, -0.15) is 0 Å². The third kappa shape index (κ3) is 1.78. The van der Waals surface area contributed by atoms with Gasteiger partial charge in [-0.1, -0.05) is 13.8 Å². The summed E-state index contributed by atoms with van der Waals surface area (Å²) in [6.45, 7) is 6.26. The lowest BCUT2D eigenvalue weighted by Crippen LogP contribution is -2.40. The van der Waals surface area contributed by atoms with Gasteiger partial charge in [0, 0.05) is 24.5 Å². The van der Waals surface area contributed by atoms with Crippen LogP contribution in [0.5, 0.6) is 0 Å². The molecule has 0 aromatic carbocycles. The number of carbonyl (C=O) groups is 1. The summed E-state index contributed by atoms with van der Waals surface area (Å²) in [7, 11) is 0. The Morgan fingerprint density at radius 3 is 2.69 bits per heavy atom. The number of nitrogens with zero attached hydrogens (tertiary/aromatic N) is 1. The van der Waals surface area contributed by atoms with E-state index in [2.05, 4.69) is 4.90 Å². The van der Waals surface area contributed by atoms with Gasteiger partial charge >= 0.3 is 0 Å². The Balaban J connectivity index is 1.93. The minimum absolute atomic E-state index is 0.148. The molecule has 2 heteroatoms. The Hall–Kier alpha value is -0.370. The van der Waals surface area contributed by atoms with Crippen LogP contribution in [-0.2, 0) is 4.79 Å². The fourth-order valence-corrected chi connectivity index (χ4v) is 2.78. The number of hydrogen-bond acceptors (Lipinski definition) is 2. The van der Waals surface area contributed by atoms with Crippen molar-refractivity contribution in [3.8, 4) is 0 Å². The number of rotatable bonds is 3. The van der Waals surface area contributed by atoms with Gasteiger partial charge in [0.05, 0.1) is 0 Å². The van der Waals surface area contributed by atoms with Crippen molar-refractivity contribution in [3.63, 3.8) is 0 Å². The monoisotopic (exact) mass is 181 g/mol. The van der Waals surface area contributed by atoms with Crippen molar-refractivity contribution in [2.45, 2.75) is 39.2 Å². The number of aldehydes is 1. The lowest BCUT2D eigenvalue weighted by Gasteiger charge is -2.32. The molecule has 2 nitrogen and oxygen atoms in total. The van der Waals surface area contributed by atoms with Gasteiger partial charge < -0.3 is 4.79 Å². The molecule has 13 heavy (non-hydrogen) atoms. The first kappa shape index (κ1) is 9.20. The predicted octanol–water partition coefficient (Wildman–Crippen LogP) is 1.70. The molecular weight excluding hydrogens is 162 g/mol. The Morgan fingerprint density at radius 2 is 2.23 bits per heavy atom. The summed E-state index contributed by atoms with van der Waals surface area (Å²) in [5.74, 6) is 0.937. The Bertz CT molecular complexity index is 212. The van der Waals surface area contributed by atoms with E-state index in [1.165, 1.54) is 25.8 Å². The summed E-state index contributed by atoms with van der Waals surface area (Å²) in [4.78, 5) is 13.3. The summed E-state index contributed by atoms with van der Waals surface area (Å²) >= 11 is 0. The smallest absolute Gasteiger partial charge is 0.126 e. The average molecular weight is 181 g/mol. The van der Waals surface area contributed by atoms with Crippen LogP contribution in [-0.4, -0.2) is 30.3 Å². The maximum atomic E-state index is 10.8. The van der Waals surface area contributed by atoms with Gasteiger partial charge in [-0.15, -0.1) is 0 Å². The van der Waals surface area contributed by atoms with Crippen LogP contribution in [0.4, 0.5) is 0 Å². The first-order valence-electron chi connectivity index (χ1n) is 5.31. The standard InChI is InChI=1S/C11H19NO/c1-11(2,8-13)7-12-6-9-3-4-10(12)5-9/h8-10H,3-7H2,1-2H3. The van der Waals surface area contributed by atoms with Crippen molar-refractivity contribution in [2.24, 2.45) is 11.3 Å². The number of fused-ring (bicyclic) bond motifs is 2. The largest absolute Gasteiger partial charge is 0.303 e. The van der Waals surface area contributed by atoms with Crippen LogP contribution in [0.25, 0.3) is 0 Å². The molecule has 1 saturated carbocycles. The minimum Gasteiger partial charge on any atom is -0.303 e. The van der Waals surface area contributed by atoms with Crippen molar-refractivity contribution in [2.75, 3.05) is 13.1 Å². The number of likely N-dealkylation sites (tertiary alicyclic amines) is 1. The van der Waals surface area contributed by atoms with Gasteiger partial charge in [0.2, 0.25) is 0 Å². The second-order valence-electron chi connectivity index (χ2n) is 5.37. The zero-order valence-corrected chi connectivity index (χ0v) is 8.62. The molecule has 1 heterocycles. The molecule has 74 valence electrons. The molecule has 1 aliphatic heterocycles. The van der Waals surface area contributed by atoms with Crippen molar-refractivity contribution in [1.29, 1.82) is 0 Å². The molecule has 0 spiro atoms. The lowest BCUT2D eigenvalue weighted by molar-refractivity contribution is -0.115. The third-order valence-electron chi connectivity index (χ3n) is 3.45. The first-order valence-corrected chi connectivity index (χ1v) is 5.31. The summed E-state index contributed by atoms with van der Waals surface area (Å²) in [6, 6.07) is 0.796. The van der Waals surface area contributed by atoms with Gasteiger partial charge in [0.1, 0.15) is 6.29 Å². The van der Waals surface area contributed by atoms with Gasteiger partial charge in [0.15, 0.2) is 0 Å². The quantitative estimate of drug-likeness (QED) is 0.618. The predicted molar refractivity (Wildman–Crippen MR) is 52.5 cm³/mol. The van der Waals surface area contributed by atoms with Crippen molar-refractivity contribution in [3.05, 3.63) is 0 Å². The highest BCUT2D eigenvalue weighted by Gasteiger charge is 2.39. The summed E-state index contributed by atoms with van der Waals surface area (Å²) in [5, 5.41) is 0. The van der Waals surface area contributed by atoms with Crippen LogP contribution >= 0.6 is 0 Å². The maximum absolute atomic E-state index is 10.8. The van der Waals surface area contributed by atoms with Crippen molar-refractivity contribution >= 4 is 6.29 Å². The zero-order chi connectivity index (χ0) is 9.47. The molecule has 0 N–H and O–H groups in total. The van der Waals surface area contributed by atoms with Crippen LogP contribution in [0.15, 0.2) is 0 Å². The van der Waals surface area contributed by atoms with E-state index in [-0.39, 0.29) is 5.41 Å². The zero-order valence-electron chi connectivity index (χ0n) is 8.62. The summed E-state index contributed by atoms with van der Waals surface area (Å²) in [5.41, 5.74) is -0.148. The van der Waals surface area contributed by atoms with E-state index in [1.807, 2.05) is 13.8 Å². The summed E-state index contributed by atoms with van der Waals surface area (Å²) in [6.07, 6.45) is 5.26. The number of carbonyl (C=O) groups excluding carboxylic acids is 1. The third-order valence-corrected chi connectivity index (χ3v) is 3.45. The molecule has 0 aromatic rings. The van der Waals surface area contributed by atoms with Gasteiger partial charge in [-0.3, -0.25) is 4.90 Å². The molecule has 2 aliphatic rings. The molecule has 2 bridgehead atoms. The molecular formula is C11H19NO. The fourth-order valence-electron chi connectivity index (χ4n) is 2.78. The highest BCUT2D eigenvalue weighted by Crippen LogP contribution is 2.38. The summed E-state index contributed by atoms with van der Waals surface area (Å²) < 4.78 is 0. The highest BCUT2D eigenvalue weighted by atomic mass is 16.1. The van der Waals surface area contributed by atoms with E-state index in [0.29, 0.717) is 0 Å². The molecule has 2 fully saturated rings. The molecule has 2 atom stereocenters. The second kappa shape index (κ2) is 3.09. The van der Waals surface area contributed by atoms with E-state index in [1.54, 1.807) is 0 Å². The SMILES string of the molecule is CC(C)(C=O)CN1CC2CCC1C2. The minimum atomic E-state index is -0.148. The molecule has 1 aliphatic carbocycles. The van der Waals surface area contributed by atoms with Crippen molar-refractivity contribution < 1.29 is 4.79 Å². The van der Waals surface area contributed by atoms with Crippen LogP contribution in [0.1, 0.15) is 33.1 Å². The Labute approximate surface area is 80.3 Å². The molecule has 2 rings (SSSR count). The topological polar surface area (TPSA) is 20.3 Å². The number of piperidine rings is 1. The molecule has 0 amide bonds. The first-order chi connectivity index (χ1) is 6.11. The van der Waals surface area contributed by atoms with E-state index in [9.17, 15) is 4.79 Å². The highest BCUT2D eigenvalue weighted by molar-refractivity contribution is 5.58. The van der Waals surface area contributed by atoms with Crippen LogP contribution < -0.4 is 0 Å². The van der Waals surface area contributed by atoms with Crippen LogP contribution in [0, 0.1) is 11.3 Å². The van der Waals surface area contributed by atoms with Gasteiger partial charge in [-0.05, 0) is 25.2 Å². The molecule has 0 radical (unpaired) electrons. The van der Waals surface area contributed by atoms with E-state index < -0.39 is 0 Å². The van der Waals surface area contributed by atoms with Gasteiger partial charge in [-0.25, -0.2) is 0 Å². The van der Waals surface area contributed by atoms with Crippen LogP contribution in [0.2, 0.25) is 0 Å². The molecule has 1 saturated heterocycles. The van der Waals surface area contributed by atoms with E-state index in [4.69, 9.17) is 0 Å². The van der Waals surface area contributed by atoms with Gasteiger partial charge in [0.25, 0.3) is 0 Å². The Kier molecular flexibility index (Phi) is 2.18. The van der Waals surface area contributed by atoms with E-state index >= 15 is 0 Å². The van der Waals surface area contributed by atoms with Crippen molar-refractivity contribution in [1.82, 2.24) is 4.90 Å². The molecule has 2 unspecified atom stereocenters. The number of hydrogen-bond donors (Lipinski definition) is 0. The van der Waals surface area contributed by atoms with E-state index in [0.717, 1.165) is 24.8 Å². The second-order valence-corrected chi connectivity index (χ2v) is 5.37. The Morgan fingerprint density at radius 1 is 1.46 bits per heavy atom. The van der Waals surface area contributed by atoms with Crippen LogP contribution in [0.3, 0.4) is 0 Å². The fraction of sp³-hybridized carbons (Fsp3) is 0.909. The lowest BCUT2D eigenvalue weighted by atomic mass is 9.94. The average Bonchev–Trinajstić information content (AvgIpc) is 2.64. The maximum Gasteiger partial charge on any atom is 0.126 e. The normalized spacial score (nSPS) is 34.0.